The van der Waals surface area contributed by atoms with Crippen molar-refractivity contribution < 1.29 is 8.42 Å². The van der Waals surface area contributed by atoms with Crippen LogP contribution in [0.5, 0.6) is 0 Å². The van der Waals surface area contributed by atoms with E-state index >= 15 is 0 Å². The molecule has 78 valence electrons. The molecule has 1 saturated heterocycles. The van der Waals surface area contributed by atoms with Crippen molar-refractivity contribution in [3.63, 3.8) is 0 Å². The van der Waals surface area contributed by atoms with E-state index < -0.39 is 10.2 Å². The van der Waals surface area contributed by atoms with Crippen LogP contribution in [0.15, 0.2) is 0 Å². The fourth-order valence-electron chi connectivity index (χ4n) is 1.40. The lowest BCUT2D eigenvalue weighted by atomic mass is 10.3. The van der Waals surface area contributed by atoms with Gasteiger partial charge in [0.25, 0.3) is 10.2 Å². The molecule has 0 radical (unpaired) electrons. The standard InChI is InChI=1S/C7H17N3O2S/c1-8-7-4-5-10(6-7)13(11,12)9(2)3/h7-8H,4-6H2,1-3H3. The van der Waals surface area contributed by atoms with Crippen molar-refractivity contribution in [1.82, 2.24) is 13.9 Å². The Labute approximate surface area is 79.9 Å². The minimum atomic E-state index is -3.19. The van der Waals surface area contributed by atoms with Gasteiger partial charge in [0, 0.05) is 33.2 Å². The van der Waals surface area contributed by atoms with Gasteiger partial charge in [-0.15, -0.1) is 0 Å². The Balaban J connectivity index is 2.66. The third-order valence-corrected chi connectivity index (χ3v) is 4.25. The van der Waals surface area contributed by atoms with Crippen molar-refractivity contribution in [2.75, 3.05) is 34.2 Å². The van der Waals surface area contributed by atoms with Gasteiger partial charge in [-0.05, 0) is 13.5 Å². The quantitative estimate of drug-likeness (QED) is 0.651. The summed E-state index contributed by atoms with van der Waals surface area (Å²) in [5.41, 5.74) is 0. The predicted octanol–water partition coefficient (Wildman–Crippen LogP) is -0.913. The van der Waals surface area contributed by atoms with E-state index in [4.69, 9.17) is 0 Å². The molecule has 6 heteroatoms. The van der Waals surface area contributed by atoms with Gasteiger partial charge in [-0.1, -0.05) is 0 Å². The van der Waals surface area contributed by atoms with Gasteiger partial charge in [0.15, 0.2) is 0 Å². The van der Waals surface area contributed by atoms with Gasteiger partial charge in [-0.25, -0.2) is 0 Å². The van der Waals surface area contributed by atoms with Crippen molar-refractivity contribution in [3.05, 3.63) is 0 Å². The highest BCUT2D eigenvalue weighted by molar-refractivity contribution is 7.86. The Kier molecular flexibility index (Phi) is 3.28. The zero-order valence-electron chi connectivity index (χ0n) is 8.32. The summed E-state index contributed by atoms with van der Waals surface area (Å²) in [4.78, 5) is 0. The molecule has 0 bridgehead atoms. The average Bonchev–Trinajstić information content (AvgIpc) is 2.51. The van der Waals surface area contributed by atoms with Gasteiger partial charge >= 0.3 is 0 Å². The Hall–Kier alpha value is -0.170. The van der Waals surface area contributed by atoms with Crippen LogP contribution in [0.3, 0.4) is 0 Å². The zero-order valence-corrected chi connectivity index (χ0v) is 9.13. The number of hydrogen-bond acceptors (Lipinski definition) is 3. The summed E-state index contributed by atoms with van der Waals surface area (Å²) in [5.74, 6) is 0. The number of likely N-dealkylation sites (N-methyl/N-ethyl adjacent to an activating group) is 1. The first-order chi connectivity index (χ1) is 5.98. The summed E-state index contributed by atoms with van der Waals surface area (Å²) in [7, 11) is 1.78. The van der Waals surface area contributed by atoms with Crippen LogP contribution in [0, 0.1) is 0 Å². The second-order valence-electron chi connectivity index (χ2n) is 3.42. The first-order valence-corrected chi connectivity index (χ1v) is 5.73. The second kappa shape index (κ2) is 3.91. The summed E-state index contributed by atoms with van der Waals surface area (Å²) < 4.78 is 26.0. The smallest absolute Gasteiger partial charge is 0.281 e. The molecule has 1 aliphatic rings. The third kappa shape index (κ3) is 2.19. The van der Waals surface area contributed by atoms with E-state index in [0.717, 1.165) is 6.42 Å². The summed E-state index contributed by atoms with van der Waals surface area (Å²) in [5, 5.41) is 3.08. The molecule has 1 aliphatic heterocycles. The summed E-state index contributed by atoms with van der Waals surface area (Å²) in [6, 6.07) is 0.301. The lowest BCUT2D eigenvalue weighted by Gasteiger charge is -2.20. The number of hydrogen-bond donors (Lipinski definition) is 1. The predicted molar refractivity (Wildman–Crippen MR) is 51.6 cm³/mol. The highest BCUT2D eigenvalue weighted by atomic mass is 32.2. The van der Waals surface area contributed by atoms with E-state index in [2.05, 4.69) is 5.32 Å². The van der Waals surface area contributed by atoms with E-state index in [0.29, 0.717) is 19.1 Å². The molecule has 1 N–H and O–H groups in total. The Morgan fingerprint density at radius 2 is 2.08 bits per heavy atom. The fraction of sp³-hybridized carbons (Fsp3) is 1.00. The molecule has 0 amide bonds. The molecule has 0 aromatic rings. The van der Waals surface area contributed by atoms with Crippen LogP contribution in [0.1, 0.15) is 6.42 Å². The molecule has 0 aromatic carbocycles. The van der Waals surface area contributed by atoms with E-state index in [1.165, 1.54) is 8.61 Å². The Morgan fingerprint density at radius 3 is 2.46 bits per heavy atom. The van der Waals surface area contributed by atoms with Gasteiger partial charge in [0.2, 0.25) is 0 Å². The lowest BCUT2D eigenvalue weighted by Crippen LogP contribution is -2.40. The summed E-state index contributed by atoms with van der Waals surface area (Å²) in [6.07, 6.45) is 0.892. The van der Waals surface area contributed by atoms with Crippen LogP contribution in [-0.2, 0) is 10.2 Å². The van der Waals surface area contributed by atoms with Crippen molar-refractivity contribution in [3.8, 4) is 0 Å². The molecular formula is C7H17N3O2S. The normalized spacial score (nSPS) is 25.7. The van der Waals surface area contributed by atoms with Gasteiger partial charge in [-0.3, -0.25) is 0 Å². The maximum absolute atomic E-state index is 11.6. The highest BCUT2D eigenvalue weighted by Gasteiger charge is 2.31. The van der Waals surface area contributed by atoms with Crippen LogP contribution in [0.25, 0.3) is 0 Å². The minimum absolute atomic E-state index is 0.301. The van der Waals surface area contributed by atoms with Gasteiger partial charge < -0.3 is 5.32 Å². The molecule has 1 heterocycles. The average molecular weight is 207 g/mol. The lowest BCUT2D eigenvalue weighted by molar-refractivity contribution is 0.414. The van der Waals surface area contributed by atoms with Crippen molar-refractivity contribution in [2.24, 2.45) is 0 Å². The van der Waals surface area contributed by atoms with Crippen LogP contribution < -0.4 is 5.32 Å². The molecule has 0 spiro atoms. The van der Waals surface area contributed by atoms with Crippen LogP contribution in [-0.4, -0.2) is 57.3 Å². The number of nitrogens with one attached hydrogen (secondary N) is 1. The van der Waals surface area contributed by atoms with Crippen molar-refractivity contribution in [1.29, 1.82) is 0 Å². The number of nitrogens with zero attached hydrogens (tertiary/aromatic N) is 2. The van der Waals surface area contributed by atoms with Gasteiger partial charge in [0.1, 0.15) is 0 Å². The van der Waals surface area contributed by atoms with Crippen LogP contribution in [0.2, 0.25) is 0 Å². The topological polar surface area (TPSA) is 52.7 Å². The monoisotopic (exact) mass is 207 g/mol. The molecule has 13 heavy (non-hydrogen) atoms. The second-order valence-corrected chi connectivity index (χ2v) is 5.56. The first-order valence-electron chi connectivity index (χ1n) is 4.33. The van der Waals surface area contributed by atoms with E-state index in [1.807, 2.05) is 7.05 Å². The minimum Gasteiger partial charge on any atom is -0.316 e. The zero-order chi connectivity index (χ0) is 10.1. The van der Waals surface area contributed by atoms with Crippen LogP contribution in [0.4, 0.5) is 0 Å². The first kappa shape index (κ1) is 10.9. The van der Waals surface area contributed by atoms with Crippen LogP contribution >= 0.6 is 0 Å². The van der Waals surface area contributed by atoms with E-state index in [9.17, 15) is 8.42 Å². The van der Waals surface area contributed by atoms with Crippen molar-refractivity contribution in [2.45, 2.75) is 12.5 Å². The molecule has 0 aliphatic carbocycles. The largest absolute Gasteiger partial charge is 0.316 e. The summed E-state index contributed by atoms with van der Waals surface area (Å²) >= 11 is 0. The Morgan fingerprint density at radius 1 is 1.46 bits per heavy atom. The van der Waals surface area contributed by atoms with Crippen molar-refractivity contribution >= 4 is 10.2 Å². The number of rotatable bonds is 3. The maximum Gasteiger partial charge on any atom is 0.281 e. The fourth-order valence-corrected chi connectivity index (χ4v) is 2.57. The highest BCUT2D eigenvalue weighted by Crippen LogP contribution is 2.14. The molecule has 5 nitrogen and oxygen atoms in total. The van der Waals surface area contributed by atoms with E-state index in [1.54, 1.807) is 14.1 Å². The van der Waals surface area contributed by atoms with Gasteiger partial charge in [0.05, 0.1) is 0 Å². The third-order valence-electron chi connectivity index (χ3n) is 2.35. The van der Waals surface area contributed by atoms with Gasteiger partial charge in [-0.2, -0.15) is 17.0 Å². The molecular weight excluding hydrogens is 190 g/mol. The molecule has 1 fully saturated rings. The molecule has 1 unspecified atom stereocenters. The SMILES string of the molecule is CNC1CCN(S(=O)(=O)N(C)C)C1. The molecule has 0 aromatic heterocycles. The molecule has 0 saturated carbocycles. The Bertz CT molecular complexity index is 263. The van der Waals surface area contributed by atoms with E-state index in [-0.39, 0.29) is 0 Å². The molecule has 1 rings (SSSR count). The molecule has 1 atom stereocenters. The maximum atomic E-state index is 11.6. The summed E-state index contributed by atoms with van der Waals surface area (Å²) in [6.45, 7) is 1.20.